The Labute approximate surface area is 129 Å². The Morgan fingerprint density at radius 2 is 2.00 bits per heavy atom. The van der Waals surface area contributed by atoms with Crippen LogP contribution in [0.5, 0.6) is 0 Å². The first-order valence-electron chi connectivity index (χ1n) is 6.57. The number of nitrogens with two attached hydrogens (primary N) is 1. The quantitative estimate of drug-likeness (QED) is 0.859. The molecule has 0 spiro atoms. The maximum absolute atomic E-state index is 12.6. The molecule has 2 N–H and O–H groups in total. The molecule has 1 heterocycles. The molecule has 0 saturated heterocycles. The van der Waals surface area contributed by atoms with Gasteiger partial charge in [0.25, 0.3) is 0 Å². The Morgan fingerprint density at radius 3 is 2.57 bits per heavy atom. The Kier molecular flexibility index (Phi) is 5.00. The minimum atomic E-state index is -0.595. The summed E-state index contributed by atoms with van der Waals surface area (Å²) in [5.41, 5.74) is 7.55. The average molecular weight is 299 g/mol. The van der Waals surface area contributed by atoms with Crippen LogP contribution in [0, 0.1) is 0 Å². The summed E-state index contributed by atoms with van der Waals surface area (Å²) in [6, 6.07) is 13.1. The number of aromatic nitrogens is 1. The summed E-state index contributed by atoms with van der Waals surface area (Å²) in [6.07, 6.45) is 3.44. The van der Waals surface area contributed by atoms with Gasteiger partial charge in [-0.2, -0.15) is 0 Å². The Morgan fingerprint density at radius 1 is 1.29 bits per heavy atom. The molecule has 0 radical (unpaired) electrons. The molecule has 0 saturated carbocycles. The Hall–Kier alpha value is -2.27. The number of carbonyl (C=O) groups is 1. The lowest BCUT2D eigenvalue weighted by Gasteiger charge is -2.23. The first kappa shape index (κ1) is 15.1. The zero-order valence-electron chi connectivity index (χ0n) is 11.8. The number of rotatable bonds is 5. The predicted octanol–water partition coefficient (Wildman–Crippen LogP) is 2.11. The molecule has 2 aromatic rings. The third-order valence-electron chi connectivity index (χ3n) is 3.18. The van der Waals surface area contributed by atoms with Gasteiger partial charge >= 0.3 is 0 Å². The summed E-state index contributed by atoms with van der Waals surface area (Å²) in [4.78, 5) is 18.5. The van der Waals surface area contributed by atoms with Gasteiger partial charge in [0.2, 0.25) is 5.91 Å². The topological polar surface area (TPSA) is 59.2 Å². The third-order valence-corrected chi connectivity index (χ3v) is 3.42. The van der Waals surface area contributed by atoms with Crippen molar-refractivity contribution in [3.63, 3.8) is 0 Å². The fourth-order valence-corrected chi connectivity index (χ4v) is 2.37. The molecule has 0 aliphatic carbocycles. The number of thiocarbonyl (C=S) groups is 1. The lowest BCUT2D eigenvalue weighted by Crippen LogP contribution is -2.37. The molecule has 0 aliphatic heterocycles. The maximum Gasteiger partial charge on any atom is 0.237 e. The predicted molar refractivity (Wildman–Crippen MR) is 86.7 cm³/mol. The highest BCUT2D eigenvalue weighted by molar-refractivity contribution is 7.80. The fraction of sp³-hybridized carbons (Fsp3) is 0.188. The second-order valence-electron chi connectivity index (χ2n) is 4.80. The van der Waals surface area contributed by atoms with Gasteiger partial charge < -0.3 is 10.6 Å². The molecule has 1 amide bonds. The Bertz CT molecular complexity index is 616. The van der Waals surface area contributed by atoms with Crippen LogP contribution in [0.3, 0.4) is 0 Å². The van der Waals surface area contributed by atoms with Crippen molar-refractivity contribution in [1.29, 1.82) is 0 Å². The summed E-state index contributed by atoms with van der Waals surface area (Å²) >= 11 is 5.08. The largest absolute Gasteiger partial charge is 0.392 e. The van der Waals surface area contributed by atoms with Crippen LogP contribution in [0.25, 0.3) is 0 Å². The highest BCUT2D eigenvalue weighted by atomic mass is 32.1. The number of hydrogen-bond acceptors (Lipinski definition) is 3. The first-order valence-corrected chi connectivity index (χ1v) is 6.98. The van der Waals surface area contributed by atoms with Crippen LogP contribution in [0.2, 0.25) is 0 Å². The van der Waals surface area contributed by atoms with Crippen molar-refractivity contribution < 1.29 is 4.79 Å². The van der Waals surface area contributed by atoms with Crippen molar-refractivity contribution in [3.8, 4) is 0 Å². The van der Waals surface area contributed by atoms with E-state index in [0.717, 1.165) is 11.1 Å². The van der Waals surface area contributed by atoms with Crippen molar-refractivity contribution in [2.45, 2.75) is 12.5 Å². The molecule has 21 heavy (non-hydrogen) atoms. The number of hydrogen-bond donors (Lipinski definition) is 1. The van der Waals surface area contributed by atoms with E-state index in [1.54, 1.807) is 24.3 Å². The molecule has 1 unspecified atom stereocenters. The minimum absolute atomic E-state index is 0.113. The van der Waals surface area contributed by atoms with Crippen LogP contribution in [0.15, 0.2) is 54.9 Å². The van der Waals surface area contributed by atoms with Gasteiger partial charge in [0.1, 0.15) is 5.92 Å². The van der Waals surface area contributed by atoms with Crippen molar-refractivity contribution in [2.75, 3.05) is 7.05 Å². The number of pyridine rings is 1. The van der Waals surface area contributed by atoms with E-state index in [1.165, 1.54) is 0 Å². The van der Waals surface area contributed by atoms with Crippen LogP contribution < -0.4 is 5.73 Å². The third kappa shape index (κ3) is 3.86. The zero-order chi connectivity index (χ0) is 15.2. The van der Waals surface area contributed by atoms with E-state index in [4.69, 9.17) is 18.0 Å². The normalized spacial score (nSPS) is 11.7. The molecular weight excluding hydrogens is 282 g/mol. The second-order valence-corrected chi connectivity index (χ2v) is 5.27. The molecule has 1 aromatic carbocycles. The molecular formula is C16H17N3OS. The summed E-state index contributed by atoms with van der Waals surface area (Å²) in [6.45, 7) is 0.471. The Balaban J connectivity index is 2.17. The summed E-state index contributed by atoms with van der Waals surface area (Å²) < 4.78 is 0. The van der Waals surface area contributed by atoms with Gasteiger partial charge in [-0.1, -0.05) is 48.6 Å². The van der Waals surface area contributed by atoms with Gasteiger partial charge in [0, 0.05) is 26.0 Å². The van der Waals surface area contributed by atoms with E-state index < -0.39 is 5.92 Å². The van der Waals surface area contributed by atoms with Crippen LogP contribution >= 0.6 is 12.2 Å². The molecule has 5 heteroatoms. The van der Waals surface area contributed by atoms with E-state index in [-0.39, 0.29) is 10.9 Å². The highest BCUT2D eigenvalue weighted by Gasteiger charge is 2.26. The van der Waals surface area contributed by atoms with Crippen molar-refractivity contribution in [1.82, 2.24) is 9.88 Å². The van der Waals surface area contributed by atoms with Crippen LogP contribution in [0.1, 0.15) is 17.0 Å². The second kappa shape index (κ2) is 6.95. The molecule has 1 atom stereocenters. The number of amides is 1. The number of carbonyl (C=O) groups excluding carboxylic acids is 1. The van der Waals surface area contributed by atoms with Gasteiger partial charge in [0.15, 0.2) is 0 Å². The van der Waals surface area contributed by atoms with E-state index in [0.29, 0.717) is 6.54 Å². The summed E-state index contributed by atoms with van der Waals surface area (Å²) in [5.74, 6) is -0.708. The van der Waals surface area contributed by atoms with Gasteiger partial charge in [0.05, 0.1) is 4.99 Å². The summed E-state index contributed by atoms with van der Waals surface area (Å²) in [7, 11) is 1.74. The summed E-state index contributed by atoms with van der Waals surface area (Å²) in [5, 5.41) is 0. The maximum atomic E-state index is 12.6. The van der Waals surface area contributed by atoms with Gasteiger partial charge in [-0.15, -0.1) is 0 Å². The van der Waals surface area contributed by atoms with Crippen molar-refractivity contribution in [3.05, 3.63) is 66.0 Å². The number of benzene rings is 1. The molecule has 0 fully saturated rings. The SMILES string of the molecule is CN(Cc1cccnc1)C(=O)C(C(N)=S)c1ccccc1. The van der Waals surface area contributed by atoms with Gasteiger partial charge in [-0.3, -0.25) is 9.78 Å². The average Bonchev–Trinajstić information content (AvgIpc) is 2.49. The van der Waals surface area contributed by atoms with Gasteiger partial charge in [-0.25, -0.2) is 0 Å². The van der Waals surface area contributed by atoms with E-state index >= 15 is 0 Å². The smallest absolute Gasteiger partial charge is 0.237 e. The van der Waals surface area contributed by atoms with Crippen molar-refractivity contribution >= 4 is 23.1 Å². The molecule has 0 aliphatic rings. The van der Waals surface area contributed by atoms with Crippen LogP contribution in [-0.2, 0) is 11.3 Å². The molecule has 0 bridgehead atoms. The standard InChI is InChI=1S/C16H17N3OS/c1-19(11-12-6-5-9-18-10-12)16(20)14(15(17)21)13-7-3-2-4-8-13/h2-10,14H,11H2,1H3,(H2,17,21). The van der Waals surface area contributed by atoms with E-state index in [2.05, 4.69) is 4.98 Å². The van der Waals surface area contributed by atoms with Crippen LogP contribution in [-0.4, -0.2) is 27.8 Å². The lowest BCUT2D eigenvalue weighted by atomic mass is 9.97. The molecule has 108 valence electrons. The first-order chi connectivity index (χ1) is 10.1. The molecule has 1 aromatic heterocycles. The number of nitrogens with zero attached hydrogens (tertiary/aromatic N) is 2. The van der Waals surface area contributed by atoms with E-state index in [1.807, 2.05) is 42.5 Å². The number of likely N-dealkylation sites (N-methyl/N-ethyl adjacent to an activating group) is 1. The van der Waals surface area contributed by atoms with Crippen molar-refractivity contribution in [2.24, 2.45) is 5.73 Å². The molecule has 2 rings (SSSR count). The highest BCUT2D eigenvalue weighted by Crippen LogP contribution is 2.19. The lowest BCUT2D eigenvalue weighted by molar-refractivity contribution is -0.130. The van der Waals surface area contributed by atoms with Crippen LogP contribution in [0.4, 0.5) is 0 Å². The van der Waals surface area contributed by atoms with Gasteiger partial charge in [-0.05, 0) is 17.2 Å². The van der Waals surface area contributed by atoms with E-state index in [9.17, 15) is 4.79 Å². The minimum Gasteiger partial charge on any atom is -0.392 e. The zero-order valence-corrected chi connectivity index (χ0v) is 12.6. The fourth-order valence-electron chi connectivity index (χ4n) is 2.14. The molecule has 4 nitrogen and oxygen atoms in total. The monoisotopic (exact) mass is 299 g/mol.